The summed E-state index contributed by atoms with van der Waals surface area (Å²) in [6, 6.07) is 9.87. The molecule has 25 heavy (non-hydrogen) atoms. The molecule has 1 aliphatic rings. The zero-order chi connectivity index (χ0) is 17.2. The molecule has 1 saturated heterocycles. The van der Waals surface area contributed by atoms with Gasteiger partial charge in [0.25, 0.3) is 0 Å². The molecule has 0 saturated carbocycles. The van der Waals surface area contributed by atoms with Crippen molar-refractivity contribution in [1.82, 2.24) is 15.0 Å². The van der Waals surface area contributed by atoms with E-state index in [4.69, 9.17) is 21.3 Å². The Hall–Kier alpha value is -2.44. The standard InChI is InChI=1S/C18H18ClN5O/c1-20-14-4-2-12(3-5-14)17-22-15-10-13(19)11-21-16(15)18(23-17)24-6-8-25-9-7-24/h2-5,10-11,20H,6-9H2,1H3. The van der Waals surface area contributed by atoms with E-state index in [9.17, 15) is 0 Å². The number of benzene rings is 1. The molecule has 0 bridgehead atoms. The Balaban J connectivity index is 1.86. The fourth-order valence-corrected chi connectivity index (χ4v) is 3.04. The van der Waals surface area contributed by atoms with E-state index in [1.807, 2.05) is 37.4 Å². The number of anilines is 2. The third kappa shape index (κ3) is 3.23. The number of ether oxygens (including phenoxy) is 1. The molecule has 0 amide bonds. The zero-order valence-corrected chi connectivity index (χ0v) is 14.6. The van der Waals surface area contributed by atoms with Crippen LogP contribution in [0.25, 0.3) is 22.4 Å². The molecular weight excluding hydrogens is 338 g/mol. The van der Waals surface area contributed by atoms with Crippen molar-refractivity contribution < 1.29 is 4.74 Å². The van der Waals surface area contributed by atoms with Gasteiger partial charge in [-0.05, 0) is 30.3 Å². The number of pyridine rings is 1. The van der Waals surface area contributed by atoms with Crippen LogP contribution in [0, 0.1) is 0 Å². The van der Waals surface area contributed by atoms with Gasteiger partial charge in [0.15, 0.2) is 11.6 Å². The Morgan fingerprint density at radius 2 is 1.88 bits per heavy atom. The molecule has 0 aliphatic carbocycles. The fourth-order valence-electron chi connectivity index (χ4n) is 2.89. The van der Waals surface area contributed by atoms with Gasteiger partial charge in [0.2, 0.25) is 0 Å². The third-order valence-corrected chi connectivity index (χ3v) is 4.43. The highest BCUT2D eigenvalue weighted by atomic mass is 35.5. The van der Waals surface area contributed by atoms with E-state index < -0.39 is 0 Å². The van der Waals surface area contributed by atoms with Gasteiger partial charge in [0.1, 0.15) is 5.52 Å². The van der Waals surface area contributed by atoms with Gasteiger partial charge < -0.3 is 15.0 Å². The van der Waals surface area contributed by atoms with Crippen molar-refractivity contribution in [1.29, 1.82) is 0 Å². The molecule has 0 atom stereocenters. The van der Waals surface area contributed by atoms with Crippen molar-refractivity contribution in [2.45, 2.75) is 0 Å². The summed E-state index contributed by atoms with van der Waals surface area (Å²) in [6.45, 7) is 2.94. The summed E-state index contributed by atoms with van der Waals surface area (Å²) in [6.07, 6.45) is 1.64. The van der Waals surface area contributed by atoms with E-state index in [0.717, 1.165) is 41.2 Å². The van der Waals surface area contributed by atoms with Gasteiger partial charge in [-0.25, -0.2) is 15.0 Å². The van der Waals surface area contributed by atoms with Gasteiger partial charge in [-0.15, -0.1) is 0 Å². The maximum atomic E-state index is 6.13. The summed E-state index contributed by atoms with van der Waals surface area (Å²) in [5, 5.41) is 3.68. The van der Waals surface area contributed by atoms with Crippen LogP contribution in [0.15, 0.2) is 36.5 Å². The van der Waals surface area contributed by atoms with Crippen molar-refractivity contribution in [2.24, 2.45) is 0 Å². The third-order valence-electron chi connectivity index (χ3n) is 4.23. The largest absolute Gasteiger partial charge is 0.388 e. The summed E-state index contributed by atoms with van der Waals surface area (Å²) in [5.74, 6) is 1.50. The van der Waals surface area contributed by atoms with E-state index >= 15 is 0 Å². The van der Waals surface area contributed by atoms with Crippen molar-refractivity contribution >= 4 is 34.1 Å². The second-order valence-electron chi connectivity index (χ2n) is 5.82. The predicted molar refractivity (Wildman–Crippen MR) is 100 cm³/mol. The topological polar surface area (TPSA) is 63.2 Å². The summed E-state index contributed by atoms with van der Waals surface area (Å²) < 4.78 is 5.46. The van der Waals surface area contributed by atoms with Crippen molar-refractivity contribution in [3.63, 3.8) is 0 Å². The minimum atomic E-state index is 0.565. The second kappa shape index (κ2) is 6.82. The van der Waals surface area contributed by atoms with Crippen molar-refractivity contribution in [2.75, 3.05) is 43.6 Å². The quantitative estimate of drug-likeness (QED) is 0.778. The molecule has 4 rings (SSSR count). The van der Waals surface area contributed by atoms with Crippen LogP contribution < -0.4 is 10.2 Å². The first-order valence-corrected chi connectivity index (χ1v) is 8.56. The molecular formula is C18H18ClN5O. The van der Waals surface area contributed by atoms with Crippen LogP contribution in [0.5, 0.6) is 0 Å². The van der Waals surface area contributed by atoms with Crippen LogP contribution in [0.3, 0.4) is 0 Å². The Labute approximate surface area is 150 Å². The maximum Gasteiger partial charge on any atom is 0.162 e. The van der Waals surface area contributed by atoms with Gasteiger partial charge in [-0.1, -0.05) is 11.6 Å². The molecule has 0 unspecified atom stereocenters. The van der Waals surface area contributed by atoms with Crippen LogP contribution in [0.1, 0.15) is 0 Å². The monoisotopic (exact) mass is 355 g/mol. The Bertz CT molecular complexity index is 894. The normalized spacial score (nSPS) is 14.7. The Kier molecular flexibility index (Phi) is 4.38. The number of aromatic nitrogens is 3. The number of hydrogen-bond donors (Lipinski definition) is 1. The number of hydrogen-bond acceptors (Lipinski definition) is 6. The van der Waals surface area contributed by atoms with Crippen LogP contribution in [-0.2, 0) is 4.74 Å². The highest BCUT2D eigenvalue weighted by Crippen LogP contribution is 2.28. The van der Waals surface area contributed by atoms with E-state index in [1.165, 1.54) is 0 Å². The lowest BCUT2D eigenvalue weighted by Crippen LogP contribution is -2.37. The lowest BCUT2D eigenvalue weighted by atomic mass is 10.2. The average molecular weight is 356 g/mol. The van der Waals surface area contributed by atoms with E-state index in [0.29, 0.717) is 24.1 Å². The van der Waals surface area contributed by atoms with Gasteiger partial charge in [0.05, 0.1) is 23.8 Å². The lowest BCUT2D eigenvalue weighted by Gasteiger charge is -2.28. The summed E-state index contributed by atoms with van der Waals surface area (Å²) >= 11 is 6.13. The molecule has 1 fully saturated rings. The highest BCUT2D eigenvalue weighted by Gasteiger charge is 2.19. The van der Waals surface area contributed by atoms with Gasteiger partial charge in [-0.3, -0.25) is 0 Å². The van der Waals surface area contributed by atoms with Crippen LogP contribution in [0.2, 0.25) is 5.02 Å². The fraction of sp³-hybridized carbons (Fsp3) is 0.278. The molecule has 3 heterocycles. The Morgan fingerprint density at radius 3 is 2.60 bits per heavy atom. The maximum absolute atomic E-state index is 6.13. The summed E-state index contributed by atoms with van der Waals surface area (Å²) in [7, 11) is 1.89. The summed E-state index contributed by atoms with van der Waals surface area (Å²) in [5.41, 5.74) is 3.51. The minimum Gasteiger partial charge on any atom is -0.388 e. The van der Waals surface area contributed by atoms with E-state index in [-0.39, 0.29) is 0 Å². The first kappa shape index (κ1) is 16.1. The Morgan fingerprint density at radius 1 is 1.12 bits per heavy atom. The van der Waals surface area contributed by atoms with Gasteiger partial charge >= 0.3 is 0 Å². The molecule has 2 aromatic heterocycles. The first-order valence-electron chi connectivity index (χ1n) is 8.19. The molecule has 6 nitrogen and oxygen atoms in total. The number of fused-ring (bicyclic) bond motifs is 1. The number of morpholine rings is 1. The number of rotatable bonds is 3. The molecule has 1 aliphatic heterocycles. The van der Waals surface area contributed by atoms with Gasteiger partial charge in [-0.2, -0.15) is 0 Å². The SMILES string of the molecule is CNc1ccc(-c2nc(N3CCOCC3)c3ncc(Cl)cc3n2)cc1. The first-order chi connectivity index (χ1) is 12.2. The van der Waals surface area contributed by atoms with Crippen molar-refractivity contribution in [3.8, 4) is 11.4 Å². The average Bonchev–Trinajstić information content (AvgIpc) is 2.67. The van der Waals surface area contributed by atoms with E-state index in [2.05, 4.69) is 20.2 Å². The molecule has 0 spiro atoms. The molecule has 128 valence electrons. The number of nitrogens with zero attached hydrogens (tertiary/aromatic N) is 4. The van der Waals surface area contributed by atoms with Crippen LogP contribution in [0.4, 0.5) is 11.5 Å². The lowest BCUT2D eigenvalue weighted by molar-refractivity contribution is 0.122. The van der Waals surface area contributed by atoms with Crippen LogP contribution in [-0.4, -0.2) is 48.3 Å². The minimum absolute atomic E-state index is 0.565. The summed E-state index contributed by atoms with van der Waals surface area (Å²) in [4.78, 5) is 16.2. The zero-order valence-electron chi connectivity index (χ0n) is 13.9. The molecule has 3 aromatic rings. The molecule has 0 radical (unpaired) electrons. The van der Waals surface area contributed by atoms with Gasteiger partial charge in [0, 0.05) is 37.6 Å². The molecule has 7 heteroatoms. The van der Waals surface area contributed by atoms with E-state index in [1.54, 1.807) is 6.20 Å². The predicted octanol–water partition coefficient (Wildman–Crippen LogP) is 3.22. The van der Waals surface area contributed by atoms with Crippen LogP contribution >= 0.6 is 11.6 Å². The number of nitrogens with one attached hydrogen (secondary N) is 1. The smallest absolute Gasteiger partial charge is 0.162 e. The highest BCUT2D eigenvalue weighted by molar-refractivity contribution is 6.31. The second-order valence-corrected chi connectivity index (χ2v) is 6.26. The van der Waals surface area contributed by atoms with Crippen molar-refractivity contribution in [3.05, 3.63) is 41.6 Å². The molecule has 1 N–H and O–H groups in total. The number of halogens is 1. The molecule has 1 aromatic carbocycles.